The van der Waals surface area contributed by atoms with E-state index in [-0.39, 0.29) is 10.6 Å². The van der Waals surface area contributed by atoms with Crippen molar-refractivity contribution in [2.45, 2.75) is 23.1 Å². The molecule has 1 saturated heterocycles. The molecule has 104 valence electrons. The average Bonchev–Trinajstić information content (AvgIpc) is 2.90. The first-order valence-corrected chi connectivity index (χ1v) is 8.33. The van der Waals surface area contributed by atoms with Crippen LogP contribution in [0.3, 0.4) is 0 Å². The van der Waals surface area contributed by atoms with E-state index < -0.39 is 16.0 Å². The van der Waals surface area contributed by atoms with Crippen molar-refractivity contribution in [1.29, 1.82) is 0 Å². The minimum Gasteiger partial charge on any atom is -0.478 e. The lowest BCUT2D eigenvalue weighted by Gasteiger charge is -2.10. The van der Waals surface area contributed by atoms with Crippen LogP contribution in [0.4, 0.5) is 0 Å². The number of hydrogen-bond donors (Lipinski definition) is 2. The maximum absolute atomic E-state index is 11.9. The van der Waals surface area contributed by atoms with E-state index in [9.17, 15) is 13.2 Å². The number of sulfonamides is 1. The van der Waals surface area contributed by atoms with Gasteiger partial charge in [-0.25, -0.2) is 22.9 Å². The molecule has 1 aliphatic rings. The molecular formula is C11H14N2O4S2. The second kappa shape index (κ2) is 5.89. The molecule has 0 spiro atoms. The normalized spacial score (nSPS) is 19.5. The molecule has 0 aliphatic carbocycles. The highest BCUT2D eigenvalue weighted by Crippen LogP contribution is 2.25. The Bertz CT molecular complexity index is 551. The lowest BCUT2D eigenvalue weighted by Crippen LogP contribution is -2.30. The monoisotopic (exact) mass is 302 g/mol. The van der Waals surface area contributed by atoms with Crippen molar-refractivity contribution in [3.8, 4) is 0 Å². The van der Waals surface area contributed by atoms with Gasteiger partial charge in [0, 0.05) is 18.0 Å². The summed E-state index contributed by atoms with van der Waals surface area (Å²) in [5.74, 6) is -0.0652. The summed E-state index contributed by atoms with van der Waals surface area (Å²) in [6.45, 7) is 0.384. The summed E-state index contributed by atoms with van der Waals surface area (Å²) in [5, 5.41) is 8.88. The van der Waals surface area contributed by atoms with Crippen molar-refractivity contribution in [3.05, 3.63) is 23.9 Å². The zero-order valence-corrected chi connectivity index (χ0v) is 11.7. The summed E-state index contributed by atoms with van der Waals surface area (Å²) in [7, 11) is -3.66. The lowest BCUT2D eigenvalue weighted by molar-refractivity contribution is 0.0696. The Balaban J connectivity index is 2.03. The molecule has 1 aliphatic heterocycles. The molecule has 2 rings (SSSR count). The molecule has 0 saturated carbocycles. The number of pyridine rings is 1. The Morgan fingerprint density at radius 1 is 1.53 bits per heavy atom. The number of carboxylic acid groups (broad SMARTS) is 1. The molecule has 1 atom stereocenters. The van der Waals surface area contributed by atoms with Gasteiger partial charge >= 0.3 is 5.97 Å². The maximum atomic E-state index is 11.9. The number of aromatic carboxylic acids is 1. The van der Waals surface area contributed by atoms with E-state index >= 15 is 0 Å². The Labute approximate surface area is 115 Å². The van der Waals surface area contributed by atoms with Crippen LogP contribution in [0.5, 0.6) is 0 Å². The molecule has 19 heavy (non-hydrogen) atoms. The minimum atomic E-state index is -3.66. The summed E-state index contributed by atoms with van der Waals surface area (Å²) in [5.41, 5.74) is -0.0368. The van der Waals surface area contributed by atoms with Gasteiger partial charge in [-0.05, 0) is 30.7 Å². The molecule has 0 aromatic carbocycles. The lowest BCUT2D eigenvalue weighted by atomic mass is 10.2. The molecular weight excluding hydrogens is 288 g/mol. The van der Waals surface area contributed by atoms with Crippen LogP contribution in [-0.2, 0) is 10.0 Å². The number of nitrogens with one attached hydrogen (secondary N) is 1. The first-order valence-electron chi connectivity index (χ1n) is 5.79. The van der Waals surface area contributed by atoms with Crippen LogP contribution in [0.2, 0.25) is 0 Å². The number of nitrogens with zero attached hydrogens (tertiary/aromatic N) is 1. The summed E-state index contributed by atoms with van der Waals surface area (Å²) in [4.78, 5) is 14.3. The van der Waals surface area contributed by atoms with Crippen LogP contribution >= 0.6 is 11.8 Å². The van der Waals surface area contributed by atoms with E-state index in [0.717, 1.165) is 24.8 Å². The van der Waals surface area contributed by atoms with Crippen LogP contribution in [-0.4, -0.2) is 42.0 Å². The fraction of sp³-hybridized carbons (Fsp3) is 0.455. The average molecular weight is 302 g/mol. The van der Waals surface area contributed by atoms with Crippen LogP contribution in [0, 0.1) is 0 Å². The molecule has 2 heterocycles. The predicted molar refractivity (Wildman–Crippen MR) is 71.9 cm³/mol. The van der Waals surface area contributed by atoms with E-state index in [1.54, 1.807) is 11.8 Å². The third-order valence-corrected chi connectivity index (χ3v) is 5.52. The van der Waals surface area contributed by atoms with Crippen LogP contribution < -0.4 is 4.72 Å². The molecule has 1 fully saturated rings. The zero-order chi connectivity index (χ0) is 13.9. The molecule has 1 unspecified atom stereocenters. The number of carbonyl (C=O) groups is 1. The minimum absolute atomic E-state index is 0.0368. The summed E-state index contributed by atoms with van der Waals surface area (Å²) < 4.78 is 26.4. The van der Waals surface area contributed by atoms with Crippen molar-refractivity contribution in [2.75, 3.05) is 12.3 Å². The summed E-state index contributed by atoms with van der Waals surface area (Å²) in [6.07, 6.45) is 3.17. The maximum Gasteiger partial charge on any atom is 0.337 e. The number of hydrogen-bond acceptors (Lipinski definition) is 5. The Morgan fingerprint density at radius 3 is 2.84 bits per heavy atom. The Kier molecular flexibility index (Phi) is 4.43. The summed E-state index contributed by atoms with van der Waals surface area (Å²) in [6, 6.07) is 2.43. The van der Waals surface area contributed by atoms with Crippen molar-refractivity contribution in [2.24, 2.45) is 0 Å². The number of aromatic nitrogens is 1. The fourth-order valence-electron chi connectivity index (χ4n) is 1.75. The van der Waals surface area contributed by atoms with E-state index in [1.165, 1.54) is 12.1 Å². The molecule has 0 radical (unpaired) electrons. The third-order valence-electron chi connectivity index (χ3n) is 2.78. The number of carboxylic acids is 1. The largest absolute Gasteiger partial charge is 0.478 e. The Morgan fingerprint density at radius 2 is 2.32 bits per heavy atom. The van der Waals surface area contributed by atoms with Gasteiger partial charge in [-0.3, -0.25) is 0 Å². The third kappa shape index (κ3) is 3.68. The van der Waals surface area contributed by atoms with Gasteiger partial charge in [0.1, 0.15) is 0 Å². The van der Waals surface area contributed by atoms with Crippen LogP contribution in [0.25, 0.3) is 0 Å². The highest BCUT2D eigenvalue weighted by molar-refractivity contribution is 8.00. The van der Waals surface area contributed by atoms with Crippen molar-refractivity contribution >= 4 is 27.8 Å². The highest BCUT2D eigenvalue weighted by atomic mass is 32.2. The van der Waals surface area contributed by atoms with Crippen molar-refractivity contribution < 1.29 is 18.3 Å². The fourth-order valence-corrected chi connectivity index (χ4v) is 4.06. The zero-order valence-electron chi connectivity index (χ0n) is 10.1. The molecule has 1 aromatic rings. The smallest absolute Gasteiger partial charge is 0.337 e. The van der Waals surface area contributed by atoms with Gasteiger partial charge in [0.2, 0.25) is 0 Å². The quantitative estimate of drug-likeness (QED) is 0.841. The van der Waals surface area contributed by atoms with E-state index in [2.05, 4.69) is 9.71 Å². The van der Waals surface area contributed by atoms with Gasteiger partial charge in [-0.15, -0.1) is 0 Å². The molecule has 2 N–H and O–H groups in total. The van der Waals surface area contributed by atoms with Gasteiger partial charge < -0.3 is 5.11 Å². The van der Waals surface area contributed by atoms with Gasteiger partial charge in [0.05, 0.1) is 5.56 Å². The van der Waals surface area contributed by atoms with E-state index in [1.807, 2.05) is 0 Å². The first-order chi connectivity index (χ1) is 8.99. The second-order valence-corrected chi connectivity index (χ2v) is 7.30. The topological polar surface area (TPSA) is 96.4 Å². The van der Waals surface area contributed by atoms with Gasteiger partial charge in [-0.2, -0.15) is 11.8 Å². The van der Waals surface area contributed by atoms with Gasteiger partial charge in [0.25, 0.3) is 10.0 Å². The number of rotatable bonds is 5. The van der Waals surface area contributed by atoms with Gasteiger partial charge in [-0.1, -0.05) is 0 Å². The molecule has 0 bridgehead atoms. The first kappa shape index (κ1) is 14.3. The van der Waals surface area contributed by atoms with Crippen LogP contribution in [0.1, 0.15) is 23.2 Å². The number of thioether (sulfide) groups is 1. The standard InChI is InChI=1S/C11H14N2O4S2/c14-11(15)8-3-4-10(12-6-8)19(16,17)13-7-9-2-1-5-18-9/h3-4,6,9,13H,1-2,5,7H2,(H,14,15). The predicted octanol–water partition coefficient (Wildman–Crippen LogP) is 0.954. The van der Waals surface area contributed by atoms with E-state index in [4.69, 9.17) is 5.11 Å². The van der Waals surface area contributed by atoms with E-state index in [0.29, 0.717) is 11.8 Å². The molecule has 8 heteroatoms. The molecule has 0 amide bonds. The van der Waals surface area contributed by atoms with Crippen molar-refractivity contribution in [3.63, 3.8) is 0 Å². The second-order valence-electron chi connectivity index (χ2n) is 4.18. The summed E-state index contributed by atoms with van der Waals surface area (Å²) >= 11 is 1.76. The SMILES string of the molecule is O=C(O)c1ccc(S(=O)(=O)NCC2CCCS2)nc1. The van der Waals surface area contributed by atoms with Crippen molar-refractivity contribution in [1.82, 2.24) is 9.71 Å². The van der Waals surface area contributed by atoms with Gasteiger partial charge in [0.15, 0.2) is 5.03 Å². The van der Waals surface area contributed by atoms with Crippen LogP contribution in [0.15, 0.2) is 23.4 Å². The Hall–Kier alpha value is -1.12. The highest BCUT2D eigenvalue weighted by Gasteiger charge is 2.21. The molecule has 6 nitrogen and oxygen atoms in total. The molecule has 1 aromatic heterocycles.